The van der Waals surface area contributed by atoms with Gasteiger partial charge in [-0.2, -0.15) is 10.2 Å². The Kier molecular flexibility index (Phi) is 3.93. The third-order valence-corrected chi connectivity index (χ3v) is 4.48. The Labute approximate surface area is 143 Å². The predicted molar refractivity (Wildman–Crippen MR) is 90.8 cm³/mol. The van der Waals surface area contributed by atoms with Crippen molar-refractivity contribution in [3.05, 3.63) is 47.9 Å². The monoisotopic (exact) mass is 338 g/mol. The summed E-state index contributed by atoms with van der Waals surface area (Å²) in [5.41, 5.74) is 2.46. The molecule has 25 heavy (non-hydrogen) atoms. The van der Waals surface area contributed by atoms with Crippen molar-refractivity contribution < 1.29 is 9.59 Å². The molecular weight excluding hydrogens is 320 g/mol. The molecule has 1 fully saturated rings. The van der Waals surface area contributed by atoms with Gasteiger partial charge in [0.25, 0.3) is 5.91 Å². The number of hydrogen-bond acceptors (Lipinski definition) is 4. The van der Waals surface area contributed by atoms with E-state index in [4.69, 9.17) is 0 Å². The smallest absolute Gasteiger partial charge is 0.254 e. The second kappa shape index (κ2) is 6.39. The van der Waals surface area contributed by atoms with Crippen LogP contribution in [0.2, 0.25) is 0 Å². The van der Waals surface area contributed by atoms with Gasteiger partial charge in [-0.05, 0) is 17.7 Å². The number of nitrogens with zero attached hydrogens (tertiary/aromatic N) is 3. The first kappa shape index (κ1) is 15.4. The molecule has 3 N–H and O–H groups in total. The van der Waals surface area contributed by atoms with Gasteiger partial charge in [0, 0.05) is 37.1 Å². The number of aromatic amines is 2. The normalized spacial score (nSPS) is 14.5. The molecular formula is C17H18N6O2. The highest BCUT2D eigenvalue weighted by molar-refractivity contribution is 5.93. The first-order chi connectivity index (χ1) is 12.2. The Morgan fingerprint density at radius 1 is 1.24 bits per heavy atom. The van der Waals surface area contributed by atoms with Gasteiger partial charge < -0.3 is 10.2 Å². The average Bonchev–Trinajstić information content (AvgIpc) is 3.24. The maximum atomic E-state index is 12.3. The Balaban J connectivity index is 1.24. The van der Waals surface area contributed by atoms with E-state index in [0.29, 0.717) is 37.5 Å². The van der Waals surface area contributed by atoms with E-state index in [1.54, 1.807) is 12.4 Å². The Morgan fingerprint density at radius 3 is 2.92 bits per heavy atom. The summed E-state index contributed by atoms with van der Waals surface area (Å²) in [6.45, 7) is 1.92. The molecule has 0 bridgehead atoms. The highest BCUT2D eigenvalue weighted by Crippen LogP contribution is 2.18. The van der Waals surface area contributed by atoms with E-state index in [1.807, 2.05) is 23.1 Å². The van der Waals surface area contributed by atoms with E-state index in [9.17, 15) is 9.59 Å². The van der Waals surface area contributed by atoms with Crippen LogP contribution in [0.5, 0.6) is 0 Å². The fraction of sp³-hybridized carbons (Fsp3) is 0.294. The molecule has 3 aromatic rings. The van der Waals surface area contributed by atoms with Crippen molar-refractivity contribution in [3.8, 4) is 0 Å². The lowest BCUT2D eigenvalue weighted by molar-refractivity contribution is -0.136. The molecule has 4 rings (SSSR count). The zero-order valence-corrected chi connectivity index (χ0v) is 13.5. The van der Waals surface area contributed by atoms with Crippen LogP contribution in [-0.4, -0.2) is 56.7 Å². The van der Waals surface area contributed by atoms with E-state index < -0.39 is 0 Å². The SMILES string of the molecule is O=C(NCC1CN(C(=O)Cc2ccc3[nH]ncc3c2)C1)c1cn[nH]c1. The van der Waals surface area contributed by atoms with Gasteiger partial charge in [0.15, 0.2) is 0 Å². The van der Waals surface area contributed by atoms with Crippen LogP contribution in [0, 0.1) is 5.92 Å². The molecule has 3 heterocycles. The summed E-state index contributed by atoms with van der Waals surface area (Å²) in [6.07, 6.45) is 5.19. The first-order valence-electron chi connectivity index (χ1n) is 8.16. The minimum absolute atomic E-state index is 0.111. The molecule has 0 aliphatic carbocycles. The van der Waals surface area contributed by atoms with E-state index in [1.165, 1.54) is 6.20 Å². The molecule has 8 nitrogen and oxygen atoms in total. The van der Waals surface area contributed by atoms with Gasteiger partial charge in [-0.1, -0.05) is 6.07 Å². The molecule has 128 valence electrons. The van der Waals surface area contributed by atoms with Gasteiger partial charge in [0.2, 0.25) is 5.91 Å². The fourth-order valence-corrected chi connectivity index (χ4v) is 3.01. The molecule has 0 radical (unpaired) electrons. The van der Waals surface area contributed by atoms with Crippen molar-refractivity contribution in [1.82, 2.24) is 30.6 Å². The number of likely N-dealkylation sites (tertiary alicyclic amines) is 1. The standard InChI is InChI=1S/C17H18N6O2/c24-16(4-11-1-2-15-13(3-11)6-21-22-15)23-9-12(10-23)5-18-17(25)14-7-19-20-8-14/h1-3,6-8,12H,4-5,9-10H2,(H,18,25)(H,19,20)(H,21,22). The Hall–Kier alpha value is -3.16. The fourth-order valence-electron chi connectivity index (χ4n) is 3.01. The lowest BCUT2D eigenvalue weighted by atomic mass is 9.98. The number of aromatic nitrogens is 4. The molecule has 1 saturated heterocycles. The number of fused-ring (bicyclic) bond motifs is 1. The number of amides is 2. The van der Waals surface area contributed by atoms with Crippen LogP contribution >= 0.6 is 0 Å². The maximum Gasteiger partial charge on any atom is 0.254 e. The number of carbonyl (C=O) groups is 2. The van der Waals surface area contributed by atoms with Crippen molar-refractivity contribution in [2.45, 2.75) is 6.42 Å². The van der Waals surface area contributed by atoms with Crippen LogP contribution < -0.4 is 5.32 Å². The van der Waals surface area contributed by atoms with Crippen LogP contribution in [0.3, 0.4) is 0 Å². The Bertz CT molecular complexity index is 895. The third-order valence-electron chi connectivity index (χ3n) is 4.48. The highest BCUT2D eigenvalue weighted by Gasteiger charge is 2.30. The highest BCUT2D eigenvalue weighted by atomic mass is 16.2. The number of rotatable bonds is 5. The van der Waals surface area contributed by atoms with Crippen LogP contribution in [0.1, 0.15) is 15.9 Å². The van der Waals surface area contributed by atoms with E-state index in [2.05, 4.69) is 25.7 Å². The summed E-state index contributed by atoms with van der Waals surface area (Å²) in [7, 11) is 0. The van der Waals surface area contributed by atoms with E-state index >= 15 is 0 Å². The molecule has 0 atom stereocenters. The molecule has 0 unspecified atom stereocenters. The van der Waals surface area contributed by atoms with Gasteiger partial charge in [-0.25, -0.2) is 0 Å². The molecule has 1 aliphatic heterocycles. The van der Waals surface area contributed by atoms with Gasteiger partial charge in [0.1, 0.15) is 0 Å². The number of H-pyrrole nitrogens is 2. The number of nitrogens with one attached hydrogen (secondary N) is 3. The molecule has 2 amide bonds. The summed E-state index contributed by atoms with van der Waals surface area (Å²) in [5.74, 6) is 0.267. The van der Waals surface area contributed by atoms with Crippen molar-refractivity contribution >= 4 is 22.7 Å². The molecule has 1 aromatic carbocycles. The second-order valence-corrected chi connectivity index (χ2v) is 6.33. The third kappa shape index (κ3) is 3.23. The van der Waals surface area contributed by atoms with Crippen molar-refractivity contribution in [2.75, 3.05) is 19.6 Å². The largest absolute Gasteiger partial charge is 0.352 e. The van der Waals surface area contributed by atoms with Gasteiger partial charge in [-0.3, -0.25) is 19.8 Å². The summed E-state index contributed by atoms with van der Waals surface area (Å²) in [4.78, 5) is 26.0. The molecule has 8 heteroatoms. The molecule has 0 saturated carbocycles. The van der Waals surface area contributed by atoms with Crippen LogP contribution in [0.25, 0.3) is 10.9 Å². The number of carbonyl (C=O) groups excluding carboxylic acids is 2. The molecule has 0 spiro atoms. The second-order valence-electron chi connectivity index (χ2n) is 6.33. The predicted octanol–water partition coefficient (Wildman–Crippen LogP) is 0.717. The zero-order chi connectivity index (χ0) is 17.2. The lowest BCUT2D eigenvalue weighted by Gasteiger charge is -2.39. The van der Waals surface area contributed by atoms with Gasteiger partial charge in [-0.15, -0.1) is 0 Å². The summed E-state index contributed by atoms with van der Waals surface area (Å²) in [6, 6.07) is 5.87. The molecule has 2 aromatic heterocycles. The molecule has 1 aliphatic rings. The summed E-state index contributed by atoms with van der Waals surface area (Å²) < 4.78 is 0. The van der Waals surface area contributed by atoms with Crippen molar-refractivity contribution in [3.63, 3.8) is 0 Å². The lowest BCUT2D eigenvalue weighted by Crippen LogP contribution is -2.54. The quantitative estimate of drug-likeness (QED) is 0.637. The van der Waals surface area contributed by atoms with Crippen LogP contribution in [0.4, 0.5) is 0 Å². The van der Waals surface area contributed by atoms with Crippen molar-refractivity contribution in [2.24, 2.45) is 5.92 Å². The number of benzene rings is 1. The minimum atomic E-state index is -0.146. The van der Waals surface area contributed by atoms with E-state index in [-0.39, 0.29) is 11.8 Å². The van der Waals surface area contributed by atoms with Crippen LogP contribution in [0.15, 0.2) is 36.8 Å². The number of hydrogen-bond donors (Lipinski definition) is 3. The maximum absolute atomic E-state index is 12.3. The summed E-state index contributed by atoms with van der Waals surface area (Å²) >= 11 is 0. The average molecular weight is 338 g/mol. The minimum Gasteiger partial charge on any atom is -0.352 e. The van der Waals surface area contributed by atoms with Crippen LogP contribution in [-0.2, 0) is 11.2 Å². The van der Waals surface area contributed by atoms with Crippen molar-refractivity contribution in [1.29, 1.82) is 0 Å². The first-order valence-corrected chi connectivity index (χ1v) is 8.16. The summed E-state index contributed by atoms with van der Waals surface area (Å²) in [5, 5.41) is 17.1. The van der Waals surface area contributed by atoms with Gasteiger partial charge >= 0.3 is 0 Å². The topological polar surface area (TPSA) is 107 Å². The van der Waals surface area contributed by atoms with Gasteiger partial charge in [0.05, 0.1) is 29.9 Å². The Morgan fingerprint density at radius 2 is 2.12 bits per heavy atom. The van der Waals surface area contributed by atoms with E-state index in [0.717, 1.165) is 16.5 Å². The zero-order valence-electron chi connectivity index (χ0n) is 13.5.